The molecule has 0 atom stereocenters. The summed E-state index contributed by atoms with van der Waals surface area (Å²) in [7, 11) is 0. The van der Waals surface area contributed by atoms with E-state index in [1.807, 2.05) is 12.1 Å². The van der Waals surface area contributed by atoms with Crippen molar-refractivity contribution in [1.82, 2.24) is 0 Å². The van der Waals surface area contributed by atoms with Crippen LogP contribution in [0.1, 0.15) is 25.0 Å². The van der Waals surface area contributed by atoms with E-state index in [0.717, 1.165) is 33.6 Å². The molecule has 0 N–H and O–H groups in total. The third-order valence-corrected chi connectivity index (χ3v) is 11.8. The van der Waals surface area contributed by atoms with Crippen LogP contribution in [0.5, 0.6) is 0 Å². The number of anilines is 3. The van der Waals surface area contributed by atoms with Gasteiger partial charge in [-0.25, -0.2) is 0 Å². The first-order valence-electron chi connectivity index (χ1n) is 19.1. The SMILES string of the molecule is CC1(C)c2ccccc2-c2cc(N(c3ccc(-c4ccc5ccc6oc7ccccc7c6c5c4)cc3)c3cccc(-c4cccc5ccccc45)c3)ccc21. The van der Waals surface area contributed by atoms with Crippen LogP contribution in [0.2, 0.25) is 0 Å². The number of fused-ring (bicyclic) bond motifs is 9. The normalized spacial score (nSPS) is 13.1. The fourth-order valence-corrected chi connectivity index (χ4v) is 9.11. The minimum Gasteiger partial charge on any atom is -0.456 e. The molecule has 2 heteroatoms. The van der Waals surface area contributed by atoms with E-state index in [0.29, 0.717) is 0 Å². The predicted octanol–water partition coefficient (Wildman–Crippen LogP) is 15.0. The standard InChI is InChI=1S/C53H37NO/c1-53(2)48-19-7-5-16-44(48)47-33-41(28-29-49(47)53)54(40-14-9-13-38(31-40)43-18-10-12-35-11-3-4-15-42(35)43)39-26-23-34(24-27-39)37-22-21-36-25-30-51-52(46(36)32-37)45-17-6-8-20-50(45)55-51/h3-33H,1-2H3. The molecule has 1 heterocycles. The number of hydrogen-bond donors (Lipinski definition) is 0. The average molecular weight is 704 g/mol. The first-order valence-corrected chi connectivity index (χ1v) is 19.1. The second-order valence-corrected chi connectivity index (χ2v) is 15.3. The van der Waals surface area contributed by atoms with E-state index in [4.69, 9.17) is 4.42 Å². The molecule has 0 unspecified atom stereocenters. The summed E-state index contributed by atoms with van der Waals surface area (Å²) < 4.78 is 6.24. The van der Waals surface area contributed by atoms with Gasteiger partial charge in [0.15, 0.2) is 0 Å². The number of para-hydroxylation sites is 1. The Morgan fingerprint density at radius 3 is 1.95 bits per heavy atom. The van der Waals surface area contributed by atoms with Crippen LogP contribution in [-0.4, -0.2) is 0 Å². The zero-order valence-corrected chi connectivity index (χ0v) is 30.8. The van der Waals surface area contributed by atoms with Crippen molar-refractivity contribution >= 4 is 60.5 Å². The first kappa shape index (κ1) is 31.6. The summed E-state index contributed by atoms with van der Waals surface area (Å²) in [6.07, 6.45) is 0. The van der Waals surface area contributed by atoms with Crippen molar-refractivity contribution in [2.45, 2.75) is 19.3 Å². The number of furan rings is 1. The highest BCUT2D eigenvalue weighted by Crippen LogP contribution is 2.51. The molecule has 260 valence electrons. The molecule has 0 spiro atoms. The number of hydrogen-bond acceptors (Lipinski definition) is 2. The molecule has 0 radical (unpaired) electrons. The topological polar surface area (TPSA) is 16.4 Å². The van der Waals surface area contributed by atoms with Gasteiger partial charge in [-0.05, 0) is 121 Å². The summed E-state index contributed by atoms with van der Waals surface area (Å²) in [6, 6.07) is 68.6. The van der Waals surface area contributed by atoms with Gasteiger partial charge in [0.2, 0.25) is 0 Å². The second-order valence-electron chi connectivity index (χ2n) is 15.3. The largest absolute Gasteiger partial charge is 0.456 e. The van der Waals surface area contributed by atoms with E-state index in [-0.39, 0.29) is 5.41 Å². The summed E-state index contributed by atoms with van der Waals surface area (Å²) in [5.41, 5.74) is 15.3. The highest BCUT2D eigenvalue weighted by molar-refractivity contribution is 6.19. The summed E-state index contributed by atoms with van der Waals surface area (Å²) in [6.45, 7) is 4.68. The van der Waals surface area contributed by atoms with Gasteiger partial charge in [-0.2, -0.15) is 0 Å². The maximum Gasteiger partial charge on any atom is 0.136 e. The van der Waals surface area contributed by atoms with Gasteiger partial charge in [-0.1, -0.05) is 147 Å². The molecule has 0 amide bonds. The molecule has 9 aromatic carbocycles. The van der Waals surface area contributed by atoms with E-state index in [9.17, 15) is 0 Å². The molecule has 1 aliphatic carbocycles. The Hall–Kier alpha value is -6.90. The van der Waals surface area contributed by atoms with E-state index in [1.165, 1.54) is 71.4 Å². The Bertz CT molecular complexity index is 3120. The zero-order valence-electron chi connectivity index (χ0n) is 30.8. The van der Waals surface area contributed by atoms with Gasteiger partial charge in [-0.3, -0.25) is 0 Å². The van der Waals surface area contributed by atoms with Crippen LogP contribution in [0.15, 0.2) is 192 Å². The van der Waals surface area contributed by atoms with Crippen LogP contribution in [0, 0.1) is 0 Å². The fraction of sp³-hybridized carbons (Fsp3) is 0.0566. The number of benzene rings is 9. The monoisotopic (exact) mass is 703 g/mol. The summed E-state index contributed by atoms with van der Waals surface area (Å²) >= 11 is 0. The van der Waals surface area contributed by atoms with Gasteiger partial charge >= 0.3 is 0 Å². The Morgan fingerprint density at radius 1 is 0.382 bits per heavy atom. The van der Waals surface area contributed by atoms with Crippen molar-refractivity contribution in [3.63, 3.8) is 0 Å². The molecule has 11 rings (SSSR count). The third-order valence-electron chi connectivity index (χ3n) is 11.8. The Balaban J connectivity index is 1.06. The van der Waals surface area contributed by atoms with Crippen molar-refractivity contribution in [1.29, 1.82) is 0 Å². The van der Waals surface area contributed by atoms with Crippen molar-refractivity contribution in [2.24, 2.45) is 0 Å². The molecule has 0 aliphatic heterocycles. The van der Waals surface area contributed by atoms with Crippen molar-refractivity contribution in [3.05, 3.63) is 199 Å². The minimum atomic E-state index is -0.0562. The Labute approximate surface area is 320 Å². The van der Waals surface area contributed by atoms with Gasteiger partial charge in [0.1, 0.15) is 11.2 Å². The quantitative estimate of drug-likeness (QED) is 0.177. The highest BCUT2D eigenvalue weighted by atomic mass is 16.3. The van der Waals surface area contributed by atoms with Crippen LogP contribution >= 0.6 is 0 Å². The molecule has 1 aromatic heterocycles. The van der Waals surface area contributed by atoms with E-state index >= 15 is 0 Å². The first-order chi connectivity index (χ1) is 27.0. The van der Waals surface area contributed by atoms with Gasteiger partial charge in [0.25, 0.3) is 0 Å². The molecule has 2 nitrogen and oxygen atoms in total. The fourth-order valence-electron chi connectivity index (χ4n) is 9.11. The van der Waals surface area contributed by atoms with E-state index < -0.39 is 0 Å². The number of rotatable bonds is 5. The van der Waals surface area contributed by atoms with Crippen molar-refractivity contribution in [2.75, 3.05) is 4.90 Å². The molecule has 0 bridgehead atoms. The van der Waals surface area contributed by atoms with E-state index in [1.54, 1.807) is 0 Å². The van der Waals surface area contributed by atoms with Gasteiger partial charge in [-0.15, -0.1) is 0 Å². The maximum atomic E-state index is 6.24. The summed E-state index contributed by atoms with van der Waals surface area (Å²) in [5.74, 6) is 0. The van der Waals surface area contributed by atoms with Crippen LogP contribution in [0.3, 0.4) is 0 Å². The molecular formula is C53H37NO. The smallest absolute Gasteiger partial charge is 0.136 e. The predicted molar refractivity (Wildman–Crippen MR) is 232 cm³/mol. The molecule has 1 aliphatic rings. The van der Waals surface area contributed by atoms with Crippen molar-refractivity contribution in [3.8, 4) is 33.4 Å². The molecule has 0 saturated heterocycles. The lowest BCUT2D eigenvalue weighted by Gasteiger charge is -2.28. The third kappa shape index (κ3) is 4.95. The second kappa shape index (κ2) is 12.1. The molecular weight excluding hydrogens is 667 g/mol. The Kier molecular flexibility index (Phi) is 6.93. The Morgan fingerprint density at radius 2 is 1.04 bits per heavy atom. The van der Waals surface area contributed by atoms with Crippen molar-refractivity contribution < 1.29 is 4.42 Å². The lowest BCUT2D eigenvalue weighted by molar-refractivity contribution is 0.660. The number of nitrogens with zero attached hydrogens (tertiary/aromatic N) is 1. The van der Waals surface area contributed by atoms with E-state index in [2.05, 4.69) is 195 Å². The molecule has 10 aromatic rings. The maximum absolute atomic E-state index is 6.24. The van der Waals surface area contributed by atoms with Gasteiger partial charge in [0.05, 0.1) is 0 Å². The van der Waals surface area contributed by atoms with Gasteiger partial charge < -0.3 is 9.32 Å². The highest BCUT2D eigenvalue weighted by Gasteiger charge is 2.35. The lowest BCUT2D eigenvalue weighted by atomic mass is 9.82. The minimum absolute atomic E-state index is 0.0562. The van der Waals surface area contributed by atoms with Crippen LogP contribution in [0.25, 0.3) is 76.9 Å². The summed E-state index contributed by atoms with van der Waals surface area (Å²) in [5, 5.41) is 7.23. The molecule has 0 saturated carbocycles. The molecule has 55 heavy (non-hydrogen) atoms. The lowest BCUT2D eigenvalue weighted by Crippen LogP contribution is -2.15. The zero-order chi connectivity index (χ0) is 36.7. The van der Waals surface area contributed by atoms with Gasteiger partial charge in [0, 0.05) is 33.2 Å². The molecule has 0 fully saturated rings. The summed E-state index contributed by atoms with van der Waals surface area (Å²) in [4.78, 5) is 2.41. The van der Waals surface area contributed by atoms with Crippen LogP contribution in [0.4, 0.5) is 17.1 Å². The average Bonchev–Trinajstić information content (AvgIpc) is 3.73. The van der Waals surface area contributed by atoms with Crippen LogP contribution in [-0.2, 0) is 5.41 Å². The van der Waals surface area contributed by atoms with Crippen LogP contribution < -0.4 is 4.90 Å².